The third-order valence-corrected chi connectivity index (χ3v) is 1.20. The van der Waals surface area contributed by atoms with Crippen molar-refractivity contribution in [1.29, 1.82) is 0 Å². The molecule has 1 rings (SSSR count). The number of rotatable bonds is 2. The normalized spacial score (nSPS) is 10.0. The molecule has 0 atom stereocenters. The second-order valence-corrected chi connectivity index (χ2v) is 2.00. The maximum absolute atomic E-state index is 3.79. The first kappa shape index (κ1) is 6.26. The number of hydrogen-bond acceptors (Lipinski definition) is 2. The average molecular weight is 124 g/mol. The molecule has 1 radical (unpaired) electrons. The minimum absolute atomic E-state index is 0.942. The molecule has 0 aliphatic heterocycles. The van der Waals surface area contributed by atoms with Crippen LogP contribution in [-0.2, 0) is 6.54 Å². The fourth-order valence-electron chi connectivity index (χ4n) is 0.710. The molecular formula is C6H10N3. The van der Waals surface area contributed by atoms with Gasteiger partial charge in [0.05, 0.1) is 0 Å². The molecule has 0 spiro atoms. The SMILES string of the molecule is CCCn1[c]nnc1C. The summed E-state index contributed by atoms with van der Waals surface area (Å²) in [4.78, 5) is 0. The Morgan fingerprint density at radius 1 is 1.67 bits per heavy atom. The van der Waals surface area contributed by atoms with Gasteiger partial charge in [0.2, 0.25) is 6.33 Å². The molecule has 0 fully saturated rings. The van der Waals surface area contributed by atoms with Gasteiger partial charge in [-0.2, -0.15) is 0 Å². The van der Waals surface area contributed by atoms with Crippen molar-refractivity contribution in [2.24, 2.45) is 0 Å². The molecule has 9 heavy (non-hydrogen) atoms. The molecular weight excluding hydrogens is 114 g/mol. The highest BCUT2D eigenvalue weighted by Crippen LogP contribution is 1.92. The van der Waals surface area contributed by atoms with Gasteiger partial charge in [-0.05, 0) is 13.3 Å². The molecule has 3 nitrogen and oxygen atoms in total. The van der Waals surface area contributed by atoms with Crippen LogP contribution in [0.1, 0.15) is 19.2 Å². The van der Waals surface area contributed by atoms with Gasteiger partial charge in [-0.15, -0.1) is 10.2 Å². The maximum Gasteiger partial charge on any atom is 0.202 e. The van der Waals surface area contributed by atoms with Crippen LogP contribution in [0, 0.1) is 13.3 Å². The Morgan fingerprint density at radius 3 is 2.89 bits per heavy atom. The third kappa shape index (κ3) is 1.28. The van der Waals surface area contributed by atoms with Crippen LogP contribution in [0.4, 0.5) is 0 Å². The van der Waals surface area contributed by atoms with E-state index in [1.165, 1.54) is 0 Å². The lowest BCUT2D eigenvalue weighted by molar-refractivity contribution is 0.653. The summed E-state index contributed by atoms with van der Waals surface area (Å²) in [5, 5.41) is 7.42. The predicted octanol–water partition coefficient (Wildman–Crippen LogP) is 0.797. The van der Waals surface area contributed by atoms with Crippen molar-refractivity contribution in [3.63, 3.8) is 0 Å². The van der Waals surface area contributed by atoms with Gasteiger partial charge in [-0.25, -0.2) is 0 Å². The molecule has 1 aromatic rings. The number of aryl methyl sites for hydroxylation is 2. The van der Waals surface area contributed by atoms with Crippen molar-refractivity contribution < 1.29 is 0 Å². The van der Waals surface area contributed by atoms with Crippen LogP contribution in [0.2, 0.25) is 0 Å². The summed E-state index contributed by atoms with van der Waals surface area (Å²) >= 11 is 0. The first-order valence-corrected chi connectivity index (χ1v) is 3.12. The van der Waals surface area contributed by atoms with E-state index in [4.69, 9.17) is 0 Å². The second-order valence-electron chi connectivity index (χ2n) is 2.00. The van der Waals surface area contributed by atoms with E-state index in [0.29, 0.717) is 0 Å². The summed E-state index contributed by atoms with van der Waals surface area (Å²) in [6.07, 6.45) is 3.87. The molecule has 0 amide bonds. The molecule has 0 saturated heterocycles. The standard InChI is InChI=1S/C6H10N3/c1-3-4-9-5-7-8-6(9)2/h3-4H2,1-2H3. The fraction of sp³-hybridized carbons (Fsp3) is 0.667. The molecule has 0 unspecified atom stereocenters. The number of aromatic nitrogens is 3. The largest absolute Gasteiger partial charge is 0.309 e. The van der Waals surface area contributed by atoms with Crippen LogP contribution in [0.15, 0.2) is 0 Å². The molecule has 0 N–H and O–H groups in total. The summed E-state index contributed by atoms with van der Waals surface area (Å²) in [6, 6.07) is 0. The van der Waals surface area contributed by atoms with Crippen LogP contribution in [0.25, 0.3) is 0 Å². The van der Waals surface area contributed by atoms with Crippen LogP contribution in [0.5, 0.6) is 0 Å². The summed E-state index contributed by atoms with van der Waals surface area (Å²) in [5.41, 5.74) is 0. The highest BCUT2D eigenvalue weighted by atomic mass is 15.2. The zero-order valence-corrected chi connectivity index (χ0v) is 5.76. The van der Waals surface area contributed by atoms with E-state index in [2.05, 4.69) is 23.4 Å². The number of hydrogen-bond donors (Lipinski definition) is 0. The van der Waals surface area contributed by atoms with Gasteiger partial charge in [0.1, 0.15) is 5.82 Å². The molecule has 1 heterocycles. The highest BCUT2D eigenvalue weighted by molar-refractivity contribution is 4.77. The van der Waals surface area contributed by atoms with Gasteiger partial charge in [0, 0.05) is 6.54 Å². The van der Waals surface area contributed by atoms with Crippen molar-refractivity contribution in [2.75, 3.05) is 0 Å². The first-order valence-electron chi connectivity index (χ1n) is 3.12. The van der Waals surface area contributed by atoms with Crippen LogP contribution >= 0.6 is 0 Å². The summed E-state index contributed by atoms with van der Waals surface area (Å²) in [6.45, 7) is 5.02. The molecule has 3 heteroatoms. The Balaban J connectivity index is 2.69. The zero-order chi connectivity index (χ0) is 6.69. The number of nitrogens with zero attached hydrogens (tertiary/aromatic N) is 3. The fourth-order valence-corrected chi connectivity index (χ4v) is 0.710. The van der Waals surface area contributed by atoms with Crippen molar-refractivity contribution in [3.05, 3.63) is 12.2 Å². The van der Waals surface area contributed by atoms with Crippen LogP contribution in [0.3, 0.4) is 0 Å². The molecule has 49 valence electrons. The summed E-state index contributed by atoms with van der Waals surface area (Å²) < 4.78 is 1.92. The Hall–Kier alpha value is -0.860. The van der Waals surface area contributed by atoms with Gasteiger partial charge < -0.3 is 4.57 Å². The topological polar surface area (TPSA) is 30.7 Å². The molecule has 1 aromatic heterocycles. The van der Waals surface area contributed by atoms with Crippen molar-refractivity contribution in [3.8, 4) is 0 Å². The summed E-state index contributed by atoms with van der Waals surface area (Å²) in [5.74, 6) is 0.942. The Bertz CT molecular complexity index is 180. The zero-order valence-electron chi connectivity index (χ0n) is 5.76. The Morgan fingerprint density at radius 2 is 2.44 bits per heavy atom. The van der Waals surface area contributed by atoms with Crippen molar-refractivity contribution >= 4 is 0 Å². The van der Waals surface area contributed by atoms with Crippen molar-refractivity contribution in [2.45, 2.75) is 26.8 Å². The van der Waals surface area contributed by atoms with E-state index >= 15 is 0 Å². The van der Waals surface area contributed by atoms with E-state index in [-0.39, 0.29) is 0 Å². The minimum Gasteiger partial charge on any atom is -0.309 e. The molecule has 0 bridgehead atoms. The molecule has 0 aliphatic rings. The quantitative estimate of drug-likeness (QED) is 0.583. The smallest absolute Gasteiger partial charge is 0.202 e. The van der Waals surface area contributed by atoms with Crippen molar-refractivity contribution in [1.82, 2.24) is 14.8 Å². The van der Waals surface area contributed by atoms with Gasteiger partial charge in [0.25, 0.3) is 0 Å². The van der Waals surface area contributed by atoms with E-state index < -0.39 is 0 Å². The van der Waals surface area contributed by atoms with Crippen LogP contribution in [-0.4, -0.2) is 14.8 Å². The monoisotopic (exact) mass is 124 g/mol. The Kier molecular flexibility index (Phi) is 1.82. The average Bonchev–Trinajstić information content (AvgIpc) is 2.18. The van der Waals surface area contributed by atoms with Gasteiger partial charge >= 0.3 is 0 Å². The molecule has 0 aliphatic carbocycles. The molecule has 0 saturated carbocycles. The van der Waals surface area contributed by atoms with Gasteiger partial charge in [0.15, 0.2) is 0 Å². The highest BCUT2D eigenvalue weighted by Gasteiger charge is 1.94. The van der Waals surface area contributed by atoms with E-state index in [1.807, 2.05) is 11.5 Å². The Labute approximate surface area is 54.7 Å². The second kappa shape index (κ2) is 2.62. The maximum atomic E-state index is 3.79. The van der Waals surface area contributed by atoms with E-state index in [0.717, 1.165) is 18.8 Å². The summed E-state index contributed by atoms with van der Waals surface area (Å²) in [7, 11) is 0. The lowest BCUT2D eigenvalue weighted by atomic mass is 10.5. The molecule has 0 aromatic carbocycles. The van der Waals surface area contributed by atoms with Crippen LogP contribution < -0.4 is 0 Å². The predicted molar refractivity (Wildman–Crippen MR) is 33.9 cm³/mol. The minimum atomic E-state index is 0.942. The first-order chi connectivity index (χ1) is 4.34. The lowest BCUT2D eigenvalue weighted by Crippen LogP contribution is -1.97. The van der Waals surface area contributed by atoms with Gasteiger partial charge in [-0.3, -0.25) is 0 Å². The third-order valence-electron chi connectivity index (χ3n) is 1.20. The lowest BCUT2D eigenvalue weighted by Gasteiger charge is -1.96. The van der Waals surface area contributed by atoms with E-state index in [1.54, 1.807) is 0 Å². The van der Waals surface area contributed by atoms with E-state index in [9.17, 15) is 0 Å². The van der Waals surface area contributed by atoms with Gasteiger partial charge in [-0.1, -0.05) is 6.92 Å².